The van der Waals surface area contributed by atoms with Gasteiger partial charge < -0.3 is 5.32 Å². The molecule has 0 saturated heterocycles. The quantitative estimate of drug-likeness (QED) is 0.821. The Morgan fingerprint density at radius 1 is 1.53 bits per heavy atom. The predicted molar refractivity (Wildman–Crippen MR) is 76.2 cm³/mol. The SMILES string of the molecule is CCNCC(C)C(=O)Cc1ccn(C2CCCC2)n1. The molecule has 2 rings (SSSR count). The lowest BCUT2D eigenvalue weighted by molar-refractivity contribution is -0.121. The lowest BCUT2D eigenvalue weighted by atomic mass is 10.0. The van der Waals surface area contributed by atoms with Crippen LogP contribution in [0.15, 0.2) is 12.3 Å². The second-order valence-corrected chi connectivity index (χ2v) is 5.58. The summed E-state index contributed by atoms with van der Waals surface area (Å²) in [5, 5.41) is 7.79. The monoisotopic (exact) mass is 263 g/mol. The molecule has 1 N–H and O–H groups in total. The zero-order chi connectivity index (χ0) is 13.7. The lowest BCUT2D eigenvalue weighted by Crippen LogP contribution is -2.27. The Balaban J connectivity index is 1.86. The number of nitrogens with zero attached hydrogens (tertiary/aromatic N) is 2. The van der Waals surface area contributed by atoms with E-state index < -0.39 is 0 Å². The van der Waals surface area contributed by atoms with Crippen LogP contribution >= 0.6 is 0 Å². The van der Waals surface area contributed by atoms with E-state index in [9.17, 15) is 4.79 Å². The van der Waals surface area contributed by atoms with Gasteiger partial charge in [-0.15, -0.1) is 0 Å². The molecule has 106 valence electrons. The van der Waals surface area contributed by atoms with Gasteiger partial charge >= 0.3 is 0 Å². The van der Waals surface area contributed by atoms with Crippen molar-refractivity contribution in [2.45, 2.75) is 52.0 Å². The van der Waals surface area contributed by atoms with Crippen molar-refractivity contribution in [1.82, 2.24) is 15.1 Å². The van der Waals surface area contributed by atoms with Crippen LogP contribution < -0.4 is 5.32 Å². The summed E-state index contributed by atoms with van der Waals surface area (Å²) in [4.78, 5) is 12.1. The van der Waals surface area contributed by atoms with Gasteiger partial charge in [0.2, 0.25) is 0 Å². The van der Waals surface area contributed by atoms with E-state index in [1.54, 1.807) is 0 Å². The molecule has 1 aliphatic rings. The molecule has 0 amide bonds. The van der Waals surface area contributed by atoms with Crippen molar-refractivity contribution in [2.24, 2.45) is 5.92 Å². The number of nitrogens with one attached hydrogen (secondary N) is 1. The molecule has 0 spiro atoms. The average molecular weight is 263 g/mol. The minimum Gasteiger partial charge on any atom is -0.316 e. The molecular formula is C15H25N3O. The number of Topliss-reactive ketones (excluding diaryl/α,β-unsaturated/α-hetero) is 1. The summed E-state index contributed by atoms with van der Waals surface area (Å²) in [6.45, 7) is 5.71. The fourth-order valence-electron chi connectivity index (χ4n) is 2.67. The Bertz CT molecular complexity index is 407. The molecule has 0 bridgehead atoms. The van der Waals surface area contributed by atoms with Gasteiger partial charge in [-0.05, 0) is 25.5 Å². The number of rotatable bonds is 7. The van der Waals surface area contributed by atoms with Gasteiger partial charge in [0.15, 0.2) is 0 Å². The summed E-state index contributed by atoms with van der Waals surface area (Å²) in [7, 11) is 0. The van der Waals surface area contributed by atoms with Crippen molar-refractivity contribution < 1.29 is 4.79 Å². The number of hydrogen-bond donors (Lipinski definition) is 1. The third-order valence-electron chi connectivity index (χ3n) is 3.97. The smallest absolute Gasteiger partial charge is 0.142 e. The highest BCUT2D eigenvalue weighted by molar-refractivity contribution is 5.82. The third kappa shape index (κ3) is 3.90. The number of hydrogen-bond acceptors (Lipinski definition) is 3. The maximum Gasteiger partial charge on any atom is 0.142 e. The Kier molecular flexibility index (Phi) is 5.14. The van der Waals surface area contributed by atoms with Crippen LogP contribution in [0.1, 0.15) is 51.3 Å². The highest BCUT2D eigenvalue weighted by Crippen LogP contribution is 2.28. The van der Waals surface area contributed by atoms with E-state index in [1.165, 1.54) is 25.7 Å². The van der Waals surface area contributed by atoms with E-state index in [1.807, 2.05) is 19.2 Å². The molecule has 0 radical (unpaired) electrons. The maximum atomic E-state index is 12.1. The largest absolute Gasteiger partial charge is 0.316 e. The second-order valence-electron chi connectivity index (χ2n) is 5.58. The van der Waals surface area contributed by atoms with Crippen molar-refractivity contribution in [1.29, 1.82) is 0 Å². The van der Waals surface area contributed by atoms with E-state index in [2.05, 4.69) is 22.0 Å². The highest BCUT2D eigenvalue weighted by atomic mass is 16.1. The van der Waals surface area contributed by atoms with Gasteiger partial charge in [0, 0.05) is 18.7 Å². The molecule has 4 nitrogen and oxygen atoms in total. The van der Waals surface area contributed by atoms with Crippen molar-refractivity contribution in [3.8, 4) is 0 Å². The van der Waals surface area contributed by atoms with E-state index in [0.717, 1.165) is 18.8 Å². The molecule has 1 aromatic rings. The van der Waals surface area contributed by atoms with E-state index in [4.69, 9.17) is 0 Å². The van der Waals surface area contributed by atoms with Gasteiger partial charge in [-0.3, -0.25) is 9.48 Å². The van der Waals surface area contributed by atoms with Gasteiger partial charge in [-0.1, -0.05) is 26.7 Å². The van der Waals surface area contributed by atoms with E-state index in [0.29, 0.717) is 12.5 Å². The molecule has 1 aliphatic carbocycles. The zero-order valence-electron chi connectivity index (χ0n) is 12.1. The predicted octanol–water partition coefficient (Wildman–Crippen LogP) is 2.36. The Labute approximate surface area is 115 Å². The van der Waals surface area contributed by atoms with Crippen LogP contribution in [-0.2, 0) is 11.2 Å². The minimum atomic E-state index is 0.0663. The molecule has 1 atom stereocenters. The summed E-state index contributed by atoms with van der Waals surface area (Å²) in [5.41, 5.74) is 0.917. The van der Waals surface area contributed by atoms with E-state index in [-0.39, 0.29) is 11.7 Å². The van der Waals surface area contributed by atoms with Gasteiger partial charge in [0.1, 0.15) is 5.78 Å². The highest BCUT2D eigenvalue weighted by Gasteiger charge is 2.19. The normalized spacial score (nSPS) is 17.8. The molecule has 0 aromatic carbocycles. The summed E-state index contributed by atoms with van der Waals surface area (Å²) >= 11 is 0. The lowest BCUT2D eigenvalue weighted by Gasteiger charge is -2.10. The molecule has 4 heteroatoms. The first-order valence-electron chi connectivity index (χ1n) is 7.48. The number of carbonyl (C=O) groups is 1. The fourth-order valence-corrected chi connectivity index (χ4v) is 2.67. The zero-order valence-corrected chi connectivity index (χ0v) is 12.1. The van der Waals surface area contributed by atoms with Crippen molar-refractivity contribution in [3.63, 3.8) is 0 Å². The van der Waals surface area contributed by atoms with Crippen LogP contribution in [0.2, 0.25) is 0 Å². The van der Waals surface area contributed by atoms with Crippen LogP contribution in [0.3, 0.4) is 0 Å². The molecule has 1 aromatic heterocycles. The van der Waals surface area contributed by atoms with Crippen molar-refractivity contribution >= 4 is 5.78 Å². The molecule has 1 heterocycles. The van der Waals surface area contributed by atoms with Crippen LogP contribution in [0.5, 0.6) is 0 Å². The molecule has 0 aliphatic heterocycles. The number of ketones is 1. The average Bonchev–Trinajstić information content (AvgIpc) is 3.05. The first-order valence-corrected chi connectivity index (χ1v) is 7.48. The maximum absolute atomic E-state index is 12.1. The van der Waals surface area contributed by atoms with Gasteiger partial charge in [0.25, 0.3) is 0 Å². The standard InChI is InChI=1S/C15H25N3O/c1-3-16-11-12(2)15(19)10-13-8-9-18(17-13)14-6-4-5-7-14/h8-9,12,14,16H,3-7,10-11H2,1-2H3. The molecule has 19 heavy (non-hydrogen) atoms. The van der Waals surface area contributed by atoms with Gasteiger partial charge in [0.05, 0.1) is 18.2 Å². The Morgan fingerprint density at radius 3 is 2.95 bits per heavy atom. The van der Waals surface area contributed by atoms with E-state index >= 15 is 0 Å². The van der Waals surface area contributed by atoms with Gasteiger partial charge in [-0.25, -0.2) is 0 Å². The minimum absolute atomic E-state index is 0.0663. The van der Waals surface area contributed by atoms with Crippen LogP contribution in [-0.4, -0.2) is 28.7 Å². The Morgan fingerprint density at radius 2 is 2.26 bits per heavy atom. The summed E-state index contributed by atoms with van der Waals surface area (Å²) in [6.07, 6.45) is 7.56. The van der Waals surface area contributed by atoms with Gasteiger partial charge in [-0.2, -0.15) is 5.10 Å². The number of carbonyl (C=O) groups excluding carboxylic acids is 1. The summed E-state index contributed by atoms with van der Waals surface area (Å²) < 4.78 is 2.06. The molecule has 1 fully saturated rings. The molecule has 1 saturated carbocycles. The fraction of sp³-hybridized carbons (Fsp3) is 0.733. The van der Waals surface area contributed by atoms with Crippen LogP contribution in [0, 0.1) is 5.92 Å². The first-order chi connectivity index (χ1) is 9.20. The Hall–Kier alpha value is -1.16. The summed E-state index contributed by atoms with van der Waals surface area (Å²) in [5.74, 6) is 0.342. The summed E-state index contributed by atoms with van der Waals surface area (Å²) in [6, 6.07) is 2.55. The van der Waals surface area contributed by atoms with Crippen LogP contribution in [0.25, 0.3) is 0 Å². The van der Waals surface area contributed by atoms with Crippen molar-refractivity contribution in [3.05, 3.63) is 18.0 Å². The van der Waals surface area contributed by atoms with Crippen molar-refractivity contribution in [2.75, 3.05) is 13.1 Å². The molecular weight excluding hydrogens is 238 g/mol. The number of aromatic nitrogens is 2. The van der Waals surface area contributed by atoms with Crippen LogP contribution in [0.4, 0.5) is 0 Å². The first kappa shape index (κ1) is 14.3. The molecule has 1 unspecified atom stereocenters. The topological polar surface area (TPSA) is 46.9 Å². The second kappa shape index (κ2) is 6.85. The third-order valence-corrected chi connectivity index (χ3v) is 3.97.